The zero-order valence-corrected chi connectivity index (χ0v) is 23.2. The van der Waals surface area contributed by atoms with Crippen LogP contribution in [0.25, 0.3) is 0 Å². The minimum Gasteiger partial charge on any atom is -0.480 e. The molecule has 2 rings (SSSR count). The Bertz CT molecular complexity index is 1170. The minimum atomic E-state index is -1.46. The number of rotatable bonds is 11. The highest BCUT2D eigenvalue weighted by Crippen LogP contribution is 2.37. The minimum absolute atomic E-state index is 0.179. The molecule has 4 atom stereocenters. The normalized spacial score (nSPS) is 13.9. The van der Waals surface area contributed by atoms with Crippen LogP contribution >= 0.6 is 0 Å². The van der Waals surface area contributed by atoms with E-state index < -0.39 is 60.6 Å². The van der Waals surface area contributed by atoms with Crippen LogP contribution in [-0.2, 0) is 19.0 Å². The quantitative estimate of drug-likeness (QED) is 0.207. The molecule has 0 aliphatic rings. The van der Waals surface area contributed by atoms with Crippen molar-refractivity contribution >= 4 is 24.4 Å². The van der Waals surface area contributed by atoms with Crippen LogP contribution in [0.4, 0.5) is 14.4 Å². The smallest absolute Gasteiger partial charge is 0.480 e. The molecule has 0 aromatic heterocycles. The number of hydrogen-bond acceptors (Lipinski definition) is 11. The van der Waals surface area contributed by atoms with Crippen molar-refractivity contribution in [2.24, 2.45) is 11.7 Å². The number of benzene rings is 2. The van der Waals surface area contributed by atoms with Gasteiger partial charge in [0.1, 0.15) is 17.9 Å². The molecule has 2 aromatic carbocycles. The monoisotopic (exact) mass is 561 g/mol. The number of ether oxygens (including phenoxy) is 6. The molecule has 0 aliphatic heterocycles. The summed E-state index contributed by atoms with van der Waals surface area (Å²) in [7, 11) is 0. The summed E-state index contributed by atoms with van der Waals surface area (Å²) < 4.78 is 31.0. The van der Waals surface area contributed by atoms with Crippen molar-refractivity contribution in [3.63, 3.8) is 0 Å². The van der Waals surface area contributed by atoms with Crippen LogP contribution in [0.1, 0.15) is 53.0 Å². The van der Waals surface area contributed by atoms with E-state index in [0.29, 0.717) is 5.56 Å². The van der Waals surface area contributed by atoms with E-state index in [9.17, 15) is 24.3 Å². The second-order valence-electron chi connectivity index (χ2n) is 9.48. The Labute approximate surface area is 232 Å². The number of carbonyl (C=O) groups is 4. The Balaban J connectivity index is 2.39. The van der Waals surface area contributed by atoms with Gasteiger partial charge in [0.2, 0.25) is 0 Å². The van der Waals surface area contributed by atoms with Gasteiger partial charge in [0, 0.05) is 11.8 Å². The van der Waals surface area contributed by atoms with Gasteiger partial charge in [-0.15, -0.1) is 0 Å². The van der Waals surface area contributed by atoms with Crippen molar-refractivity contribution in [1.29, 1.82) is 0 Å². The van der Waals surface area contributed by atoms with E-state index in [1.165, 1.54) is 18.2 Å². The molecule has 0 amide bonds. The lowest BCUT2D eigenvalue weighted by Gasteiger charge is -2.31. The van der Waals surface area contributed by atoms with Crippen LogP contribution in [0.15, 0.2) is 48.5 Å². The van der Waals surface area contributed by atoms with Gasteiger partial charge in [-0.05, 0) is 64.4 Å². The summed E-state index contributed by atoms with van der Waals surface area (Å²) in [6, 6.07) is 10.9. The van der Waals surface area contributed by atoms with Gasteiger partial charge in [0.25, 0.3) is 0 Å². The van der Waals surface area contributed by atoms with Crippen molar-refractivity contribution in [3.8, 4) is 17.2 Å². The predicted molar refractivity (Wildman–Crippen MR) is 141 cm³/mol. The maximum Gasteiger partial charge on any atom is 0.514 e. The maximum absolute atomic E-state index is 12.4. The van der Waals surface area contributed by atoms with E-state index in [1.54, 1.807) is 71.9 Å². The van der Waals surface area contributed by atoms with Crippen molar-refractivity contribution < 1.29 is 52.7 Å². The highest BCUT2D eigenvalue weighted by molar-refractivity contribution is 5.75. The van der Waals surface area contributed by atoms with Gasteiger partial charge in [0.05, 0.1) is 12.2 Å². The maximum atomic E-state index is 12.4. The molecule has 0 saturated heterocycles. The molecule has 0 bridgehead atoms. The third-order valence-electron chi connectivity index (χ3n) is 5.61. The van der Waals surface area contributed by atoms with E-state index in [4.69, 9.17) is 34.2 Å². The number of carbonyl (C=O) groups excluding carboxylic acids is 3. The first kappa shape index (κ1) is 31.9. The van der Waals surface area contributed by atoms with Gasteiger partial charge < -0.3 is 39.3 Å². The van der Waals surface area contributed by atoms with E-state index in [0.717, 1.165) is 0 Å². The Kier molecular flexibility index (Phi) is 11.7. The molecule has 0 aliphatic carbocycles. The van der Waals surface area contributed by atoms with Crippen LogP contribution in [-0.4, -0.2) is 53.9 Å². The molecule has 0 saturated carbocycles. The van der Waals surface area contributed by atoms with Crippen molar-refractivity contribution in [2.75, 3.05) is 0 Å². The van der Waals surface area contributed by atoms with Crippen LogP contribution < -0.4 is 19.9 Å². The standard InChI is InChI=1S/C28H35NO11/c1-15(2)35-26(32)39-21-13-12-19(14-22(21)40-27(33)36-16(3)4)23(24(29)25(30)31)17(5)18(6)37-28(34)38-20-10-8-7-9-11-20/h7-18,23-24H,29H2,1-6H3,(H,30,31)/t17?,18?,23?,24-/m0/s1. The number of hydrogen-bond donors (Lipinski definition) is 2. The zero-order valence-electron chi connectivity index (χ0n) is 23.2. The summed E-state index contributed by atoms with van der Waals surface area (Å²) in [5.41, 5.74) is 6.36. The van der Waals surface area contributed by atoms with E-state index in [-0.39, 0.29) is 17.2 Å². The van der Waals surface area contributed by atoms with Crippen molar-refractivity contribution in [3.05, 3.63) is 54.1 Å². The fourth-order valence-electron chi connectivity index (χ4n) is 3.66. The van der Waals surface area contributed by atoms with Crippen LogP contribution in [0.2, 0.25) is 0 Å². The Morgan fingerprint density at radius 1 is 0.700 bits per heavy atom. The SMILES string of the molecule is CC(C)OC(=O)Oc1ccc(C(C(C)C(C)OC(=O)Oc2ccccc2)[C@H](N)C(=O)O)cc1OC(=O)OC(C)C. The third kappa shape index (κ3) is 9.77. The Morgan fingerprint density at radius 3 is 1.75 bits per heavy atom. The van der Waals surface area contributed by atoms with E-state index >= 15 is 0 Å². The van der Waals surface area contributed by atoms with Gasteiger partial charge in [-0.25, -0.2) is 14.4 Å². The fraction of sp³-hybridized carbons (Fsp3) is 0.429. The number of carboxylic acids is 1. The first-order chi connectivity index (χ1) is 18.8. The van der Waals surface area contributed by atoms with Crippen LogP contribution in [0.5, 0.6) is 17.2 Å². The van der Waals surface area contributed by atoms with Crippen LogP contribution in [0, 0.1) is 5.92 Å². The van der Waals surface area contributed by atoms with Gasteiger partial charge >= 0.3 is 24.4 Å². The summed E-state index contributed by atoms with van der Waals surface area (Å²) in [6.07, 6.45) is -4.96. The number of para-hydroxylation sites is 1. The van der Waals surface area contributed by atoms with Crippen molar-refractivity contribution in [2.45, 2.75) is 71.8 Å². The molecule has 3 N–H and O–H groups in total. The lowest BCUT2D eigenvalue weighted by Crippen LogP contribution is -2.43. The largest absolute Gasteiger partial charge is 0.514 e. The third-order valence-corrected chi connectivity index (χ3v) is 5.61. The summed E-state index contributed by atoms with van der Waals surface area (Å²) in [4.78, 5) is 48.7. The highest BCUT2D eigenvalue weighted by atomic mass is 16.8. The molecule has 40 heavy (non-hydrogen) atoms. The summed E-state index contributed by atoms with van der Waals surface area (Å²) in [6.45, 7) is 9.69. The second-order valence-corrected chi connectivity index (χ2v) is 9.48. The number of carboxylic acid groups (broad SMARTS) is 1. The predicted octanol–water partition coefficient (Wildman–Crippen LogP) is 5.27. The molecule has 3 unspecified atom stereocenters. The molecule has 218 valence electrons. The second kappa shape index (κ2) is 14.7. The van der Waals surface area contributed by atoms with Gasteiger partial charge in [-0.1, -0.05) is 31.2 Å². The number of aliphatic carboxylic acids is 1. The Morgan fingerprint density at radius 2 is 1.23 bits per heavy atom. The molecular formula is C28H35NO11. The molecule has 2 aromatic rings. The lowest BCUT2D eigenvalue weighted by atomic mass is 9.79. The topological polar surface area (TPSA) is 170 Å². The highest BCUT2D eigenvalue weighted by Gasteiger charge is 2.36. The lowest BCUT2D eigenvalue weighted by molar-refractivity contribution is -0.139. The average molecular weight is 562 g/mol. The molecule has 0 heterocycles. The van der Waals surface area contributed by atoms with E-state index in [1.807, 2.05) is 0 Å². The molecule has 0 spiro atoms. The molecule has 12 heteroatoms. The van der Waals surface area contributed by atoms with Gasteiger partial charge in [-0.2, -0.15) is 0 Å². The van der Waals surface area contributed by atoms with Gasteiger partial charge in [0.15, 0.2) is 11.5 Å². The van der Waals surface area contributed by atoms with E-state index in [2.05, 4.69) is 0 Å². The Hall–Kier alpha value is -4.32. The van der Waals surface area contributed by atoms with Crippen LogP contribution in [0.3, 0.4) is 0 Å². The molecular weight excluding hydrogens is 526 g/mol. The molecule has 0 fully saturated rings. The fourth-order valence-corrected chi connectivity index (χ4v) is 3.66. The van der Waals surface area contributed by atoms with Crippen molar-refractivity contribution in [1.82, 2.24) is 0 Å². The molecule has 12 nitrogen and oxygen atoms in total. The number of nitrogens with two attached hydrogens (primary N) is 1. The molecule has 0 radical (unpaired) electrons. The average Bonchev–Trinajstić information content (AvgIpc) is 2.84. The first-order valence-electron chi connectivity index (χ1n) is 12.6. The summed E-state index contributed by atoms with van der Waals surface area (Å²) in [5.74, 6) is -3.11. The zero-order chi connectivity index (χ0) is 30.0. The van der Waals surface area contributed by atoms with Gasteiger partial charge in [-0.3, -0.25) is 4.79 Å². The summed E-state index contributed by atoms with van der Waals surface area (Å²) in [5, 5.41) is 9.74. The summed E-state index contributed by atoms with van der Waals surface area (Å²) >= 11 is 0. The first-order valence-corrected chi connectivity index (χ1v) is 12.6.